The molecular formula is C21H25F3N6O2. The maximum atomic E-state index is 13.6. The highest BCUT2D eigenvalue weighted by Crippen LogP contribution is 2.45. The van der Waals surface area contributed by atoms with E-state index < -0.39 is 11.7 Å². The Morgan fingerprint density at radius 2 is 1.97 bits per heavy atom. The normalized spacial score (nSPS) is 27.5. The van der Waals surface area contributed by atoms with Gasteiger partial charge in [0.1, 0.15) is 17.1 Å². The first-order valence-electron chi connectivity index (χ1n) is 11.3. The molecule has 4 heterocycles. The minimum Gasteiger partial charge on any atom is -0.487 e. The molecule has 2 aliphatic carbocycles. The number of hydrogen-bond donors (Lipinski definition) is 2. The molecule has 2 aromatic rings. The fourth-order valence-electron chi connectivity index (χ4n) is 4.80. The van der Waals surface area contributed by atoms with Gasteiger partial charge in [0.15, 0.2) is 11.6 Å². The van der Waals surface area contributed by atoms with Gasteiger partial charge in [-0.3, -0.25) is 0 Å². The van der Waals surface area contributed by atoms with Crippen molar-refractivity contribution in [2.45, 2.75) is 62.7 Å². The average Bonchev–Trinajstić information content (AvgIpc) is 3.32. The molecule has 1 saturated heterocycles. The Morgan fingerprint density at radius 1 is 1.09 bits per heavy atom. The Morgan fingerprint density at radius 3 is 2.62 bits per heavy atom. The van der Waals surface area contributed by atoms with E-state index in [0.29, 0.717) is 31.4 Å². The lowest BCUT2D eigenvalue weighted by atomic mass is 9.80. The van der Waals surface area contributed by atoms with E-state index >= 15 is 0 Å². The monoisotopic (exact) mass is 450 g/mol. The molecule has 2 unspecified atom stereocenters. The van der Waals surface area contributed by atoms with Gasteiger partial charge >= 0.3 is 6.18 Å². The Bertz CT molecular complexity index is 1020. The SMILES string of the molecule is FC(F)(F)c1cnc2nc1N[C@@H]1CCC1COc1c(C3CCOC3)nn(C3CCC3)c1N2. The minimum absolute atomic E-state index is 0.0952. The number of nitrogens with zero attached hydrogens (tertiary/aromatic N) is 4. The number of aromatic nitrogens is 4. The Kier molecular flexibility index (Phi) is 4.70. The van der Waals surface area contributed by atoms with Crippen molar-refractivity contribution in [2.75, 3.05) is 30.5 Å². The van der Waals surface area contributed by atoms with Gasteiger partial charge in [0.05, 0.1) is 19.3 Å². The molecule has 2 N–H and O–H groups in total. The van der Waals surface area contributed by atoms with Crippen molar-refractivity contribution in [1.29, 1.82) is 0 Å². The van der Waals surface area contributed by atoms with E-state index in [1.807, 2.05) is 4.68 Å². The fraction of sp³-hybridized carbons (Fsp3) is 0.667. The van der Waals surface area contributed by atoms with Crippen LogP contribution in [0.25, 0.3) is 0 Å². The predicted octanol–water partition coefficient (Wildman–Crippen LogP) is 4.25. The zero-order chi connectivity index (χ0) is 21.9. The van der Waals surface area contributed by atoms with Gasteiger partial charge in [0, 0.05) is 30.7 Å². The van der Waals surface area contributed by atoms with Crippen LogP contribution in [0.3, 0.4) is 0 Å². The summed E-state index contributed by atoms with van der Waals surface area (Å²) in [5, 5.41) is 11.1. The summed E-state index contributed by atoms with van der Waals surface area (Å²) in [6, 6.07) is 0.102. The lowest BCUT2D eigenvalue weighted by molar-refractivity contribution is -0.137. The summed E-state index contributed by atoms with van der Waals surface area (Å²) in [7, 11) is 0. The minimum atomic E-state index is -4.54. The average molecular weight is 450 g/mol. The molecule has 0 aromatic carbocycles. The molecule has 8 nitrogen and oxygen atoms in total. The van der Waals surface area contributed by atoms with Crippen molar-refractivity contribution < 1.29 is 22.6 Å². The maximum absolute atomic E-state index is 13.6. The Labute approximate surface area is 182 Å². The number of anilines is 3. The summed E-state index contributed by atoms with van der Waals surface area (Å²) in [4.78, 5) is 8.22. The number of alkyl halides is 3. The first-order chi connectivity index (χ1) is 15.5. The lowest BCUT2D eigenvalue weighted by Gasteiger charge is -2.37. The van der Waals surface area contributed by atoms with Crippen LogP contribution in [0.4, 0.5) is 30.8 Å². The van der Waals surface area contributed by atoms with Crippen molar-refractivity contribution in [3.05, 3.63) is 17.5 Å². The first kappa shape index (κ1) is 20.1. The van der Waals surface area contributed by atoms with Gasteiger partial charge in [0.2, 0.25) is 5.95 Å². The number of rotatable bonds is 2. The number of halogens is 3. The van der Waals surface area contributed by atoms with Crippen LogP contribution in [0.5, 0.6) is 5.75 Å². The molecule has 11 heteroatoms. The van der Waals surface area contributed by atoms with Crippen molar-refractivity contribution in [3.8, 4) is 5.75 Å². The molecule has 3 fully saturated rings. The second kappa shape index (κ2) is 7.50. The van der Waals surface area contributed by atoms with Crippen molar-refractivity contribution in [1.82, 2.24) is 19.7 Å². The fourth-order valence-corrected chi connectivity index (χ4v) is 4.80. The van der Waals surface area contributed by atoms with E-state index in [-0.39, 0.29) is 35.7 Å². The van der Waals surface area contributed by atoms with Crippen molar-refractivity contribution in [3.63, 3.8) is 0 Å². The van der Waals surface area contributed by atoms with Gasteiger partial charge in [-0.25, -0.2) is 9.67 Å². The standard InChI is InChI=1S/C21H25F3N6O2/c22-21(23,24)14-8-25-20-27-18(14)26-15-5-4-11(15)10-32-17-16(12-6-7-31-9-12)29-30(19(17)28-20)13-2-1-3-13/h8,11-13,15H,1-7,9-10H2,(H2,25,26,27,28)/t11?,12?,15-/m1/s1. The summed E-state index contributed by atoms with van der Waals surface area (Å²) in [6.07, 6.45) is 1.96. The molecule has 2 aliphatic heterocycles. The van der Waals surface area contributed by atoms with E-state index in [1.54, 1.807) is 0 Å². The van der Waals surface area contributed by atoms with E-state index in [9.17, 15) is 13.2 Å². The van der Waals surface area contributed by atoms with E-state index in [2.05, 4.69) is 20.6 Å². The van der Waals surface area contributed by atoms with Gasteiger partial charge in [0.25, 0.3) is 0 Å². The molecule has 2 bridgehead atoms. The van der Waals surface area contributed by atoms with Crippen molar-refractivity contribution in [2.24, 2.45) is 5.92 Å². The van der Waals surface area contributed by atoms with Gasteiger partial charge in [-0.2, -0.15) is 23.3 Å². The second-order valence-corrected chi connectivity index (χ2v) is 9.13. The number of nitrogens with one attached hydrogen (secondary N) is 2. The summed E-state index contributed by atoms with van der Waals surface area (Å²) >= 11 is 0. The van der Waals surface area contributed by atoms with Crippen LogP contribution < -0.4 is 15.4 Å². The summed E-state index contributed by atoms with van der Waals surface area (Å²) in [5.74, 6) is 1.42. The van der Waals surface area contributed by atoms with Crippen LogP contribution in [0, 0.1) is 5.92 Å². The van der Waals surface area contributed by atoms with Crippen LogP contribution in [0.1, 0.15) is 61.7 Å². The molecule has 3 atom stereocenters. The molecule has 2 saturated carbocycles. The molecule has 32 heavy (non-hydrogen) atoms. The molecule has 0 amide bonds. The first-order valence-corrected chi connectivity index (χ1v) is 11.3. The van der Waals surface area contributed by atoms with E-state index in [4.69, 9.17) is 14.6 Å². The smallest absolute Gasteiger partial charge is 0.421 e. The molecule has 6 rings (SSSR count). The third-order valence-electron chi connectivity index (χ3n) is 7.13. The summed E-state index contributed by atoms with van der Waals surface area (Å²) in [5.41, 5.74) is -0.00232. The highest BCUT2D eigenvalue weighted by Gasteiger charge is 2.40. The third kappa shape index (κ3) is 3.37. The quantitative estimate of drug-likeness (QED) is 0.708. The lowest BCUT2D eigenvalue weighted by Crippen LogP contribution is -2.42. The Hall–Kier alpha value is -2.56. The van der Waals surface area contributed by atoms with Crippen LogP contribution in [0.2, 0.25) is 0 Å². The van der Waals surface area contributed by atoms with Crippen LogP contribution in [-0.2, 0) is 10.9 Å². The summed E-state index contributed by atoms with van der Waals surface area (Å²) < 4.78 is 54.6. The van der Waals surface area contributed by atoms with E-state index in [1.165, 1.54) is 0 Å². The molecule has 0 radical (unpaired) electrons. The largest absolute Gasteiger partial charge is 0.487 e. The molecule has 172 valence electrons. The molecule has 2 aromatic heterocycles. The zero-order valence-electron chi connectivity index (χ0n) is 17.5. The van der Waals surface area contributed by atoms with Crippen LogP contribution in [0.15, 0.2) is 6.20 Å². The molecule has 0 spiro atoms. The molecule has 4 aliphatic rings. The number of hydrogen-bond acceptors (Lipinski definition) is 7. The Balaban J connectivity index is 1.46. The molecular weight excluding hydrogens is 425 g/mol. The van der Waals surface area contributed by atoms with Crippen LogP contribution in [-0.4, -0.2) is 45.6 Å². The van der Waals surface area contributed by atoms with Gasteiger partial charge in [-0.15, -0.1) is 0 Å². The number of ether oxygens (including phenoxy) is 2. The number of fused-ring (bicyclic) bond motifs is 4. The van der Waals surface area contributed by atoms with Crippen LogP contribution >= 0.6 is 0 Å². The van der Waals surface area contributed by atoms with Crippen molar-refractivity contribution >= 4 is 17.6 Å². The maximum Gasteiger partial charge on any atom is 0.421 e. The highest BCUT2D eigenvalue weighted by molar-refractivity contribution is 5.63. The van der Waals surface area contributed by atoms with Gasteiger partial charge in [-0.05, 0) is 38.5 Å². The van der Waals surface area contributed by atoms with Gasteiger partial charge in [-0.1, -0.05) is 0 Å². The second-order valence-electron chi connectivity index (χ2n) is 9.13. The zero-order valence-corrected chi connectivity index (χ0v) is 17.5. The predicted molar refractivity (Wildman–Crippen MR) is 109 cm³/mol. The third-order valence-corrected chi connectivity index (χ3v) is 7.13. The van der Waals surface area contributed by atoms with E-state index in [0.717, 1.165) is 50.4 Å². The topological polar surface area (TPSA) is 86.1 Å². The van der Waals surface area contributed by atoms with Gasteiger partial charge < -0.3 is 20.1 Å². The summed E-state index contributed by atoms with van der Waals surface area (Å²) in [6.45, 7) is 1.68. The highest BCUT2D eigenvalue weighted by atomic mass is 19.4.